The van der Waals surface area contributed by atoms with Gasteiger partial charge in [0.1, 0.15) is 0 Å². The summed E-state index contributed by atoms with van der Waals surface area (Å²) in [5.74, 6) is 0.270. The zero-order valence-electron chi connectivity index (χ0n) is 13.9. The Bertz CT molecular complexity index is 459. The molecule has 0 bridgehead atoms. The van der Waals surface area contributed by atoms with Gasteiger partial charge >= 0.3 is 0 Å². The fourth-order valence-electron chi connectivity index (χ4n) is 3.15. The molecule has 0 aromatic heterocycles. The topological polar surface area (TPSA) is 78.5 Å². The minimum absolute atomic E-state index is 0. The Morgan fingerprint density at radius 3 is 2.52 bits per heavy atom. The van der Waals surface area contributed by atoms with Crippen LogP contribution in [0.2, 0.25) is 0 Å². The Balaban J connectivity index is 0.00000264. The third kappa shape index (κ3) is 6.21. The molecule has 0 saturated carbocycles. The minimum atomic E-state index is -3.13. The van der Waals surface area contributed by atoms with Gasteiger partial charge in [-0.05, 0) is 38.6 Å². The minimum Gasteiger partial charge on any atom is -0.354 e. The molecule has 2 heterocycles. The first-order valence-corrected chi connectivity index (χ1v) is 10.1. The summed E-state index contributed by atoms with van der Waals surface area (Å²) in [6.07, 6.45) is 5.15. The molecule has 1 amide bonds. The van der Waals surface area contributed by atoms with E-state index < -0.39 is 10.0 Å². The van der Waals surface area contributed by atoms with E-state index >= 15 is 0 Å². The summed E-state index contributed by atoms with van der Waals surface area (Å²) >= 11 is 0. The predicted molar refractivity (Wildman–Crippen MR) is 94.3 cm³/mol. The number of hydrogen-bond donors (Lipinski definition) is 2. The SMILES string of the molecule is CCCCS(=O)(=O)N1CCC(C(=O)NCC2CCCN2)CC1.Cl. The van der Waals surface area contributed by atoms with Crippen molar-refractivity contribution >= 4 is 28.3 Å². The first-order valence-electron chi connectivity index (χ1n) is 8.52. The molecule has 6 nitrogen and oxygen atoms in total. The number of carbonyl (C=O) groups excluding carboxylic acids is 1. The van der Waals surface area contributed by atoms with Crippen LogP contribution < -0.4 is 10.6 Å². The van der Waals surface area contributed by atoms with Crippen LogP contribution in [0.25, 0.3) is 0 Å². The largest absolute Gasteiger partial charge is 0.354 e. The van der Waals surface area contributed by atoms with E-state index in [9.17, 15) is 13.2 Å². The van der Waals surface area contributed by atoms with Crippen LogP contribution in [0.15, 0.2) is 0 Å². The van der Waals surface area contributed by atoms with E-state index in [0.717, 1.165) is 19.4 Å². The van der Waals surface area contributed by atoms with Crippen LogP contribution in [0, 0.1) is 5.92 Å². The molecule has 2 saturated heterocycles. The summed E-state index contributed by atoms with van der Waals surface area (Å²) in [5, 5.41) is 6.37. The molecule has 2 N–H and O–H groups in total. The van der Waals surface area contributed by atoms with E-state index in [1.54, 1.807) is 4.31 Å². The highest BCUT2D eigenvalue weighted by Gasteiger charge is 2.30. The lowest BCUT2D eigenvalue weighted by atomic mass is 9.97. The number of nitrogens with zero attached hydrogens (tertiary/aromatic N) is 1. The van der Waals surface area contributed by atoms with E-state index in [1.807, 2.05) is 6.92 Å². The van der Waals surface area contributed by atoms with Gasteiger partial charge in [0.25, 0.3) is 0 Å². The molecular weight excluding hydrogens is 338 g/mol. The number of amides is 1. The maximum atomic E-state index is 12.2. The molecule has 2 fully saturated rings. The molecule has 23 heavy (non-hydrogen) atoms. The molecule has 0 aromatic rings. The normalized spacial score (nSPS) is 23.4. The van der Waals surface area contributed by atoms with Crippen LogP contribution in [0.3, 0.4) is 0 Å². The van der Waals surface area contributed by atoms with Gasteiger partial charge in [-0.15, -0.1) is 12.4 Å². The molecule has 8 heteroatoms. The van der Waals surface area contributed by atoms with Crippen molar-refractivity contribution < 1.29 is 13.2 Å². The van der Waals surface area contributed by atoms with E-state index in [4.69, 9.17) is 0 Å². The first kappa shape index (κ1) is 20.7. The smallest absolute Gasteiger partial charge is 0.223 e. The summed E-state index contributed by atoms with van der Waals surface area (Å²) in [6.45, 7) is 4.67. The van der Waals surface area contributed by atoms with E-state index in [1.165, 1.54) is 6.42 Å². The summed E-state index contributed by atoms with van der Waals surface area (Å²) in [4.78, 5) is 12.2. The van der Waals surface area contributed by atoms with Crippen molar-refractivity contribution in [1.29, 1.82) is 0 Å². The van der Waals surface area contributed by atoms with Crippen LogP contribution in [0.5, 0.6) is 0 Å². The second-order valence-electron chi connectivity index (χ2n) is 6.38. The van der Waals surface area contributed by atoms with Crippen molar-refractivity contribution in [2.45, 2.75) is 51.5 Å². The van der Waals surface area contributed by atoms with Crippen LogP contribution >= 0.6 is 12.4 Å². The lowest BCUT2D eigenvalue weighted by Gasteiger charge is -2.30. The average molecular weight is 368 g/mol. The van der Waals surface area contributed by atoms with Crippen molar-refractivity contribution in [1.82, 2.24) is 14.9 Å². The van der Waals surface area contributed by atoms with Gasteiger partial charge in [-0.25, -0.2) is 12.7 Å². The maximum absolute atomic E-state index is 12.2. The Morgan fingerprint density at radius 2 is 1.96 bits per heavy atom. The highest BCUT2D eigenvalue weighted by molar-refractivity contribution is 7.89. The molecule has 1 unspecified atom stereocenters. The molecular formula is C15H30ClN3O3S. The first-order chi connectivity index (χ1) is 10.5. The van der Waals surface area contributed by atoms with Crippen LogP contribution in [0.1, 0.15) is 45.4 Å². The Morgan fingerprint density at radius 1 is 1.26 bits per heavy atom. The molecule has 0 aliphatic carbocycles. The van der Waals surface area contributed by atoms with Gasteiger partial charge in [-0.2, -0.15) is 0 Å². The summed E-state index contributed by atoms with van der Waals surface area (Å²) in [5.41, 5.74) is 0. The molecule has 0 radical (unpaired) electrons. The third-order valence-corrected chi connectivity index (χ3v) is 6.62. The third-order valence-electron chi connectivity index (χ3n) is 4.66. The summed E-state index contributed by atoms with van der Waals surface area (Å²) in [6, 6.07) is 0.401. The fraction of sp³-hybridized carbons (Fsp3) is 0.933. The highest BCUT2D eigenvalue weighted by Crippen LogP contribution is 2.20. The fourth-order valence-corrected chi connectivity index (χ4v) is 4.83. The lowest BCUT2D eigenvalue weighted by Crippen LogP contribution is -2.45. The highest BCUT2D eigenvalue weighted by atomic mass is 35.5. The number of halogens is 1. The number of unbranched alkanes of at least 4 members (excludes halogenated alkanes) is 1. The van der Waals surface area contributed by atoms with Crippen molar-refractivity contribution in [2.24, 2.45) is 5.92 Å². The van der Waals surface area contributed by atoms with Gasteiger partial charge < -0.3 is 10.6 Å². The van der Waals surface area contributed by atoms with Gasteiger partial charge in [0.2, 0.25) is 15.9 Å². The molecule has 1 atom stereocenters. The second kappa shape index (κ2) is 9.81. The molecule has 2 rings (SSSR count). The van der Waals surface area contributed by atoms with Crippen LogP contribution in [-0.2, 0) is 14.8 Å². The van der Waals surface area contributed by atoms with Crippen molar-refractivity contribution in [3.63, 3.8) is 0 Å². The zero-order valence-corrected chi connectivity index (χ0v) is 15.6. The predicted octanol–water partition coefficient (Wildman–Crippen LogP) is 1.12. The molecule has 0 spiro atoms. The van der Waals surface area contributed by atoms with Crippen molar-refractivity contribution in [3.05, 3.63) is 0 Å². The zero-order chi connectivity index (χ0) is 16.0. The molecule has 136 valence electrons. The number of nitrogens with one attached hydrogen (secondary N) is 2. The molecule has 2 aliphatic heterocycles. The van der Waals surface area contributed by atoms with Gasteiger partial charge in [-0.1, -0.05) is 13.3 Å². The molecule has 2 aliphatic rings. The van der Waals surface area contributed by atoms with Gasteiger partial charge in [0.05, 0.1) is 5.75 Å². The second-order valence-corrected chi connectivity index (χ2v) is 8.47. The standard InChI is InChI=1S/C15H29N3O3S.ClH/c1-2-3-11-22(20,21)18-9-6-13(7-10-18)15(19)17-12-14-5-4-8-16-14;/h13-14,16H,2-12H2,1H3,(H,17,19);1H. The van der Waals surface area contributed by atoms with Gasteiger partial charge in [0, 0.05) is 31.6 Å². The Labute approximate surface area is 146 Å². The number of rotatable bonds is 7. The van der Waals surface area contributed by atoms with Gasteiger partial charge in [0.15, 0.2) is 0 Å². The van der Waals surface area contributed by atoms with Crippen LogP contribution in [0.4, 0.5) is 0 Å². The summed E-state index contributed by atoms with van der Waals surface area (Å²) < 4.78 is 25.8. The molecule has 0 aromatic carbocycles. The van der Waals surface area contributed by atoms with Crippen molar-refractivity contribution in [2.75, 3.05) is 31.9 Å². The van der Waals surface area contributed by atoms with E-state index in [-0.39, 0.29) is 30.0 Å². The number of sulfonamides is 1. The number of hydrogen-bond acceptors (Lipinski definition) is 4. The Kier molecular flexibility index (Phi) is 8.82. The monoisotopic (exact) mass is 367 g/mol. The number of piperidine rings is 1. The maximum Gasteiger partial charge on any atom is 0.223 e. The van der Waals surface area contributed by atoms with Gasteiger partial charge in [-0.3, -0.25) is 4.79 Å². The Hall–Kier alpha value is -0.370. The van der Waals surface area contributed by atoms with Crippen LogP contribution in [-0.4, -0.2) is 56.6 Å². The summed E-state index contributed by atoms with van der Waals surface area (Å²) in [7, 11) is -3.13. The average Bonchev–Trinajstić information content (AvgIpc) is 3.04. The quantitative estimate of drug-likeness (QED) is 0.706. The number of carbonyl (C=O) groups is 1. The van der Waals surface area contributed by atoms with E-state index in [2.05, 4.69) is 10.6 Å². The lowest BCUT2D eigenvalue weighted by molar-refractivity contribution is -0.126. The van der Waals surface area contributed by atoms with E-state index in [0.29, 0.717) is 44.9 Å². The van der Waals surface area contributed by atoms with Crippen molar-refractivity contribution in [3.8, 4) is 0 Å².